The van der Waals surface area contributed by atoms with Crippen LogP contribution >= 0.6 is 0 Å². The van der Waals surface area contributed by atoms with E-state index in [9.17, 15) is 9.18 Å². The van der Waals surface area contributed by atoms with Crippen molar-refractivity contribution in [3.05, 3.63) is 87.8 Å². The number of hydrogen-bond donors (Lipinski definition) is 0. The molecule has 0 unspecified atom stereocenters. The van der Waals surface area contributed by atoms with Gasteiger partial charge in [-0.2, -0.15) is 0 Å². The molecule has 5 nitrogen and oxygen atoms in total. The second-order valence-electron chi connectivity index (χ2n) is 7.07. The Bertz CT molecular complexity index is 1290. The molecule has 3 aromatic carbocycles. The number of methoxy groups -OCH3 is 2. The summed E-state index contributed by atoms with van der Waals surface area (Å²) in [5.41, 5.74) is 2.47. The summed E-state index contributed by atoms with van der Waals surface area (Å²) in [5, 5.41) is 0.420. The third-order valence-corrected chi connectivity index (χ3v) is 4.95. The van der Waals surface area contributed by atoms with E-state index in [0.29, 0.717) is 28.0 Å². The van der Waals surface area contributed by atoms with Gasteiger partial charge in [-0.1, -0.05) is 18.2 Å². The van der Waals surface area contributed by atoms with Crippen molar-refractivity contribution in [1.29, 1.82) is 0 Å². The monoisotopic (exact) mass is 420 g/mol. The van der Waals surface area contributed by atoms with Crippen LogP contribution in [0.25, 0.3) is 22.3 Å². The summed E-state index contributed by atoms with van der Waals surface area (Å²) < 4.78 is 36.0. The summed E-state index contributed by atoms with van der Waals surface area (Å²) >= 11 is 0. The first-order valence-electron chi connectivity index (χ1n) is 9.67. The van der Waals surface area contributed by atoms with Gasteiger partial charge in [0.25, 0.3) is 0 Å². The van der Waals surface area contributed by atoms with Crippen molar-refractivity contribution in [2.75, 3.05) is 14.2 Å². The van der Waals surface area contributed by atoms with Crippen LogP contribution in [-0.2, 0) is 6.61 Å². The van der Waals surface area contributed by atoms with Crippen LogP contribution in [0.15, 0.2) is 69.9 Å². The molecule has 4 aromatic rings. The highest BCUT2D eigenvalue weighted by Gasteiger charge is 2.19. The van der Waals surface area contributed by atoms with Crippen molar-refractivity contribution in [3.63, 3.8) is 0 Å². The van der Waals surface area contributed by atoms with Crippen molar-refractivity contribution >= 4 is 11.0 Å². The molecule has 158 valence electrons. The second-order valence-corrected chi connectivity index (χ2v) is 7.07. The summed E-state index contributed by atoms with van der Waals surface area (Å²) in [5.74, 6) is 1.07. The summed E-state index contributed by atoms with van der Waals surface area (Å²) in [6.45, 7) is 2.01. The van der Waals surface area contributed by atoms with Crippen molar-refractivity contribution in [2.24, 2.45) is 0 Å². The summed E-state index contributed by atoms with van der Waals surface area (Å²) in [6, 6.07) is 16.5. The van der Waals surface area contributed by atoms with Gasteiger partial charge in [0.2, 0.25) is 11.2 Å². The van der Waals surface area contributed by atoms with Crippen molar-refractivity contribution in [2.45, 2.75) is 13.5 Å². The molecule has 1 aromatic heterocycles. The van der Waals surface area contributed by atoms with Gasteiger partial charge in [-0.25, -0.2) is 4.39 Å². The van der Waals surface area contributed by atoms with Gasteiger partial charge in [0.05, 0.1) is 19.6 Å². The Kier molecular flexibility index (Phi) is 5.62. The van der Waals surface area contributed by atoms with E-state index >= 15 is 0 Å². The van der Waals surface area contributed by atoms with Crippen LogP contribution in [0.2, 0.25) is 0 Å². The fraction of sp³-hybridized carbons (Fsp3) is 0.160. The fourth-order valence-corrected chi connectivity index (χ4v) is 3.32. The Hall–Kier alpha value is -3.80. The van der Waals surface area contributed by atoms with Crippen LogP contribution in [0.1, 0.15) is 11.1 Å². The predicted molar refractivity (Wildman–Crippen MR) is 116 cm³/mol. The Morgan fingerprint density at radius 3 is 2.35 bits per heavy atom. The fourth-order valence-electron chi connectivity index (χ4n) is 3.32. The number of fused-ring (bicyclic) bond motifs is 1. The maximum absolute atomic E-state index is 13.3. The Labute approximate surface area is 178 Å². The number of rotatable bonds is 6. The van der Waals surface area contributed by atoms with Crippen molar-refractivity contribution < 1.29 is 23.0 Å². The molecular formula is C25H21FO5. The van der Waals surface area contributed by atoms with E-state index in [1.165, 1.54) is 19.2 Å². The van der Waals surface area contributed by atoms with E-state index in [-0.39, 0.29) is 29.4 Å². The van der Waals surface area contributed by atoms with Crippen LogP contribution in [0, 0.1) is 12.7 Å². The first-order chi connectivity index (χ1) is 15.0. The molecular weight excluding hydrogens is 399 g/mol. The normalized spacial score (nSPS) is 10.8. The predicted octanol–water partition coefficient (Wildman–Crippen LogP) is 5.50. The number of benzene rings is 3. The maximum Gasteiger partial charge on any atom is 0.235 e. The van der Waals surface area contributed by atoms with Crippen LogP contribution in [0.4, 0.5) is 4.39 Å². The highest BCUT2D eigenvalue weighted by molar-refractivity contribution is 5.83. The molecule has 0 atom stereocenters. The molecule has 0 aliphatic heterocycles. The first-order valence-corrected chi connectivity index (χ1v) is 9.67. The minimum atomic E-state index is -0.338. The highest BCUT2D eigenvalue weighted by atomic mass is 19.1. The molecule has 0 saturated heterocycles. The number of ether oxygens (including phenoxy) is 3. The lowest BCUT2D eigenvalue weighted by Gasteiger charge is -2.14. The van der Waals surface area contributed by atoms with Gasteiger partial charge in [0, 0.05) is 5.56 Å². The van der Waals surface area contributed by atoms with Gasteiger partial charge >= 0.3 is 0 Å². The molecule has 1 heterocycles. The minimum Gasteiger partial charge on any atom is -0.493 e. The molecule has 31 heavy (non-hydrogen) atoms. The van der Waals surface area contributed by atoms with Crippen LogP contribution in [-0.4, -0.2) is 14.2 Å². The Morgan fingerprint density at radius 2 is 1.65 bits per heavy atom. The van der Waals surface area contributed by atoms with E-state index in [1.807, 2.05) is 19.1 Å². The second kappa shape index (κ2) is 8.52. The quantitative estimate of drug-likeness (QED) is 0.412. The van der Waals surface area contributed by atoms with E-state index < -0.39 is 0 Å². The largest absolute Gasteiger partial charge is 0.493 e. The van der Waals surface area contributed by atoms with E-state index in [1.54, 1.807) is 43.5 Å². The molecule has 0 saturated carbocycles. The molecule has 0 amide bonds. The average molecular weight is 420 g/mol. The van der Waals surface area contributed by atoms with E-state index in [2.05, 4.69) is 0 Å². The van der Waals surface area contributed by atoms with Crippen molar-refractivity contribution in [3.8, 4) is 28.6 Å². The molecule has 4 rings (SSSR count). The first kappa shape index (κ1) is 20.5. The van der Waals surface area contributed by atoms with Crippen LogP contribution in [0.5, 0.6) is 17.2 Å². The maximum atomic E-state index is 13.3. The zero-order valence-electron chi connectivity index (χ0n) is 17.4. The highest BCUT2D eigenvalue weighted by Crippen LogP contribution is 2.37. The molecule has 0 radical (unpaired) electrons. The average Bonchev–Trinajstić information content (AvgIpc) is 2.78. The smallest absolute Gasteiger partial charge is 0.235 e. The number of hydrogen-bond acceptors (Lipinski definition) is 5. The summed E-state index contributed by atoms with van der Waals surface area (Å²) in [6.07, 6.45) is 0. The van der Waals surface area contributed by atoms with Gasteiger partial charge < -0.3 is 18.6 Å². The molecule has 6 heteroatoms. The molecule has 0 aliphatic carbocycles. The summed E-state index contributed by atoms with van der Waals surface area (Å²) in [7, 11) is 3.08. The lowest BCUT2D eigenvalue weighted by Crippen LogP contribution is -2.10. The molecule has 0 fully saturated rings. The molecule has 0 spiro atoms. The molecule has 0 bridgehead atoms. The SMILES string of the molecule is COc1ccc(-c2oc3cc(C)ccc3c(=O)c2OCc2ccc(F)cc2)cc1OC. The van der Waals surface area contributed by atoms with Gasteiger partial charge in [-0.05, 0) is 60.5 Å². The van der Waals surface area contributed by atoms with Crippen molar-refractivity contribution in [1.82, 2.24) is 0 Å². The van der Waals surface area contributed by atoms with Crippen LogP contribution < -0.4 is 19.6 Å². The van der Waals surface area contributed by atoms with E-state index in [4.69, 9.17) is 18.6 Å². The zero-order chi connectivity index (χ0) is 22.0. The van der Waals surface area contributed by atoms with E-state index in [0.717, 1.165) is 11.1 Å². The lowest BCUT2D eigenvalue weighted by atomic mass is 10.1. The standard InChI is InChI=1S/C25H21FO5/c1-15-4-10-19-21(12-15)31-24(17-7-11-20(28-2)22(13-17)29-3)25(23(19)27)30-14-16-5-8-18(26)9-6-16/h4-13H,14H2,1-3H3. The van der Waals surface area contributed by atoms with Gasteiger partial charge in [-0.3, -0.25) is 4.79 Å². The third kappa shape index (κ3) is 4.10. The molecule has 0 aliphatic rings. The number of halogens is 1. The summed E-state index contributed by atoms with van der Waals surface area (Å²) in [4.78, 5) is 13.3. The Balaban J connectivity index is 1.86. The Morgan fingerprint density at radius 1 is 0.903 bits per heavy atom. The lowest BCUT2D eigenvalue weighted by molar-refractivity contribution is 0.297. The van der Waals surface area contributed by atoms with Crippen LogP contribution in [0.3, 0.4) is 0 Å². The number of aryl methyl sites for hydroxylation is 1. The zero-order valence-corrected chi connectivity index (χ0v) is 17.4. The third-order valence-electron chi connectivity index (χ3n) is 4.95. The van der Waals surface area contributed by atoms with Gasteiger partial charge in [-0.15, -0.1) is 0 Å². The topological polar surface area (TPSA) is 57.9 Å². The minimum absolute atomic E-state index is 0.0768. The van der Waals surface area contributed by atoms with Gasteiger partial charge in [0.1, 0.15) is 18.0 Å². The van der Waals surface area contributed by atoms with Gasteiger partial charge in [0.15, 0.2) is 17.3 Å². The molecule has 0 N–H and O–H groups in total.